The van der Waals surface area contributed by atoms with E-state index in [1.54, 1.807) is 36.0 Å². The zero-order valence-electron chi connectivity index (χ0n) is 16.2. The van der Waals surface area contributed by atoms with E-state index in [2.05, 4.69) is 54.6 Å². The van der Waals surface area contributed by atoms with E-state index in [4.69, 9.17) is 0 Å². The van der Waals surface area contributed by atoms with Crippen molar-refractivity contribution in [2.24, 2.45) is 0 Å². The molecule has 0 aromatic heterocycles. The van der Waals surface area contributed by atoms with Gasteiger partial charge in [0.15, 0.2) is 0 Å². The van der Waals surface area contributed by atoms with Crippen molar-refractivity contribution in [1.82, 2.24) is 4.90 Å². The second kappa shape index (κ2) is 7.81. The van der Waals surface area contributed by atoms with Crippen LogP contribution in [-0.2, 0) is 12.3 Å². The molecule has 5 rings (SSSR count). The van der Waals surface area contributed by atoms with Crippen molar-refractivity contribution in [2.45, 2.75) is 17.2 Å². The largest absolute Gasteiger partial charge is 0.270 e. The van der Waals surface area contributed by atoms with Crippen molar-refractivity contribution in [1.29, 1.82) is 0 Å². The molecule has 0 radical (unpaired) electrons. The van der Waals surface area contributed by atoms with Gasteiger partial charge >= 0.3 is 0 Å². The van der Waals surface area contributed by atoms with Crippen LogP contribution in [0.1, 0.15) is 31.8 Å². The number of carbonyl (C=O) groups is 2. The predicted octanol–water partition coefficient (Wildman–Crippen LogP) is 5.93. The number of fused-ring (bicyclic) bond motifs is 2. The number of benzene rings is 4. The van der Waals surface area contributed by atoms with Gasteiger partial charge in [0.05, 0.1) is 17.7 Å². The minimum atomic E-state index is -0.217. The average molecular weight is 410 g/mol. The Morgan fingerprint density at radius 2 is 1.30 bits per heavy atom. The second-order valence-electron chi connectivity index (χ2n) is 7.33. The van der Waals surface area contributed by atoms with E-state index < -0.39 is 0 Å². The third-order valence-electron chi connectivity index (χ3n) is 5.35. The van der Waals surface area contributed by atoms with E-state index in [0.717, 1.165) is 11.3 Å². The first-order chi connectivity index (χ1) is 14.7. The van der Waals surface area contributed by atoms with Gasteiger partial charge in [-0.3, -0.25) is 14.5 Å². The maximum absolute atomic E-state index is 12.6. The molecule has 0 atom stereocenters. The number of rotatable bonds is 5. The molecule has 3 nitrogen and oxygen atoms in total. The van der Waals surface area contributed by atoms with Crippen molar-refractivity contribution < 1.29 is 9.59 Å². The zero-order chi connectivity index (χ0) is 20.5. The molecular weight excluding hydrogens is 390 g/mol. The van der Waals surface area contributed by atoms with Gasteiger partial charge in [-0.2, -0.15) is 0 Å². The van der Waals surface area contributed by atoms with Crippen LogP contribution in [0.3, 0.4) is 0 Å². The van der Waals surface area contributed by atoms with Crippen LogP contribution in [0.15, 0.2) is 95.9 Å². The van der Waals surface area contributed by atoms with Gasteiger partial charge in [0.1, 0.15) is 0 Å². The van der Waals surface area contributed by atoms with Crippen molar-refractivity contribution in [3.8, 4) is 0 Å². The Kier molecular flexibility index (Phi) is 4.85. The van der Waals surface area contributed by atoms with Crippen molar-refractivity contribution in [3.05, 3.63) is 113 Å². The fraction of sp³-hybridized carbons (Fsp3) is 0.0769. The molecule has 4 aromatic carbocycles. The van der Waals surface area contributed by atoms with E-state index >= 15 is 0 Å². The van der Waals surface area contributed by atoms with Crippen molar-refractivity contribution in [3.63, 3.8) is 0 Å². The maximum atomic E-state index is 12.6. The molecule has 1 heterocycles. The quantitative estimate of drug-likeness (QED) is 0.303. The van der Waals surface area contributed by atoms with Gasteiger partial charge < -0.3 is 0 Å². The lowest BCUT2D eigenvalue weighted by Crippen LogP contribution is -2.29. The van der Waals surface area contributed by atoms with E-state index in [0.29, 0.717) is 17.7 Å². The molecule has 0 unspecified atom stereocenters. The Balaban J connectivity index is 1.33. The fourth-order valence-corrected chi connectivity index (χ4v) is 4.88. The first-order valence-electron chi connectivity index (χ1n) is 9.84. The summed E-state index contributed by atoms with van der Waals surface area (Å²) < 4.78 is 0. The highest BCUT2D eigenvalue weighted by Crippen LogP contribution is 2.31. The number of nitrogens with zero attached hydrogens (tertiary/aromatic N) is 1. The Bertz CT molecular complexity index is 1240. The summed E-state index contributed by atoms with van der Waals surface area (Å²) in [6, 6.07) is 29.9. The number of hydrogen-bond donors (Lipinski definition) is 0. The first kappa shape index (κ1) is 18.6. The molecule has 0 aliphatic carbocycles. The van der Waals surface area contributed by atoms with Gasteiger partial charge in [-0.1, -0.05) is 72.8 Å². The number of hydrogen-bond acceptors (Lipinski definition) is 3. The fourth-order valence-electron chi connectivity index (χ4n) is 3.87. The van der Waals surface area contributed by atoms with Crippen molar-refractivity contribution >= 4 is 34.3 Å². The number of thioether (sulfide) groups is 1. The summed E-state index contributed by atoms with van der Waals surface area (Å²) >= 11 is 1.80. The van der Waals surface area contributed by atoms with Crippen LogP contribution in [0.4, 0.5) is 0 Å². The molecule has 0 fully saturated rings. The molecule has 2 amide bonds. The Hall–Kier alpha value is -3.37. The third kappa shape index (κ3) is 3.40. The Morgan fingerprint density at radius 1 is 0.667 bits per heavy atom. The standard InChI is InChI=1S/C26H19NO2S/c28-25-22-12-3-4-13-23(22)26(29)27(25)16-18-7-5-8-19(15-18)17-30-24-14-6-10-20-9-1-2-11-21(20)24/h1-15H,16-17H2. The molecule has 4 heteroatoms. The molecule has 4 aromatic rings. The van der Waals surface area contributed by atoms with Gasteiger partial charge in [0, 0.05) is 10.6 Å². The topological polar surface area (TPSA) is 37.4 Å². The molecule has 146 valence electrons. The SMILES string of the molecule is O=C1c2ccccc2C(=O)N1Cc1cccc(CSc2cccc3ccccc23)c1. The summed E-state index contributed by atoms with van der Waals surface area (Å²) in [5.41, 5.74) is 3.11. The first-order valence-corrected chi connectivity index (χ1v) is 10.8. The summed E-state index contributed by atoms with van der Waals surface area (Å²) in [6.07, 6.45) is 0. The highest BCUT2D eigenvalue weighted by atomic mass is 32.2. The minimum Gasteiger partial charge on any atom is -0.270 e. The highest BCUT2D eigenvalue weighted by molar-refractivity contribution is 7.98. The number of imide groups is 1. The number of carbonyl (C=O) groups excluding carboxylic acids is 2. The van der Waals surface area contributed by atoms with Gasteiger partial charge in [0.25, 0.3) is 11.8 Å². The van der Waals surface area contributed by atoms with Crippen LogP contribution >= 0.6 is 11.8 Å². The van der Waals surface area contributed by atoms with Crippen LogP contribution in [0.25, 0.3) is 10.8 Å². The molecule has 0 saturated heterocycles. The van der Waals surface area contributed by atoms with Crippen LogP contribution in [-0.4, -0.2) is 16.7 Å². The van der Waals surface area contributed by atoms with Crippen LogP contribution in [0.5, 0.6) is 0 Å². The Labute approximate surface area is 179 Å². The monoisotopic (exact) mass is 409 g/mol. The Morgan fingerprint density at radius 3 is 2.10 bits per heavy atom. The molecule has 30 heavy (non-hydrogen) atoms. The van der Waals surface area contributed by atoms with Crippen molar-refractivity contribution in [2.75, 3.05) is 0 Å². The van der Waals surface area contributed by atoms with E-state index in [9.17, 15) is 9.59 Å². The van der Waals surface area contributed by atoms with E-state index in [1.165, 1.54) is 26.1 Å². The third-order valence-corrected chi connectivity index (χ3v) is 6.50. The normalized spacial score (nSPS) is 13.1. The summed E-state index contributed by atoms with van der Waals surface area (Å²) in [4.78, 5) is 27.8. The lowest BCUT2D eigenvalue weighted by Gasteiger charge is -2.14. The lowest BCUT2D eigenvalue weighted by atomic mass is 10.1. The van der Waals surface area contributed by atoms with E-state index in [-0.39, 0.29) is 11.8 Å². The zero-order valence-corrected chi connectivity index (χ0v) is 17.1. The van der Waals surface area contributed by atoms with Gasteiger partial charge in [-0.15, -0.1) is 11.8 Å². The molecule has 1 aliphatic rings. The highest BCUT2D eigenvalue weighted by Gasteiger charge is 2.34. The molecule has 1 aliphatic heterocycles. The van der Waals surface area contributed by atoms with Crippen LogP contribution in [0.2, 0.25) is 0 Å². The van der Waals surface area contributed by atoms with Gasteiger partial charge in [-0.25, -0.2) is 0 Å². The molecule has 0 N–H and O–H groups in total. The van der Waals surface area contributed by atoms with Gasteiger partial charge in [0.2, 0.25) is 0 Å². The smallest absolute Gasteiger partial charge is 0.261 e. The molecule has 0 saturated carbocycles. The van der Waals surface area contributed by atoms with Gasteiger partial charge in [-0.05, 0) is 40.1 Å². The lowest BCUT2D eigenvalue weighted by molar-refractivity contribution is 0.0642. The molecule has 0 bridgehead atoms. The van der Waals surface area contributed by atoms with Crippen LogP contribution < -0.4 is 0 Å². The summed E-state index contributed by atoms with van der Waals surface area (Å²) in [5, 5.41) is 2.49. The predicted molar refractivity (Wildman–Crippen MR) is 121 cm³/mol. The molecule has 0 spiro atoms. The average Bonchev–Trinajstić information content (AvgIpc) is 3.03. The summed E-state index contributed by atoms with van der Waals surface area (Å²) in [5.74, 6) is 0.390. The summed E-state index contributed by atoms with van der Waals surface area (Å²) in [7, 11) is 0. The minimum absolute atomic E-state index is 0.217. The number of amides is 2. The van der Waals surface area contributed by atoms with E-state index in [1.807, 2.05) is 12.1 Å². The maximum Gasteiger partial charge on any atom is 0.261 e. The second-order valence-corrected chi connectivity index (χ2v) is 8.35. The summed E-state index contributed by atoms with van der Waals surface area (Å²) in [6.45, 7) is 0.291. The molecular formula is C26H19NO2S. The van der Waals surface area contributed by atoms with Crippen LogP contribution in [0, 0.1) is 0 Å².